The zero-order chi connectivity index (χ0) is 12.2. The second-order valence-electron chi connectivity index (χ2n) is 6.69. The number of nitrogens with one attached hydrogen (secondary N) is 1. The molecule has 100 valence electrons. The van der Waals surface area contributed by atoms with E-state index in [1.807, 2.05) is 0 Å². The first-order valence-corrected chi connectivity index (χ1v) is 7.54. The fraction of sp³-hybridized carbons (Fsp3) is 1.00. The maximum absolute atomic E-state index is 9.71. The van der Waals surface area contributed by atoms with Crippen molar-refractivity contribution in [2.24, 2.45) is 5.41 Å². The number of rotatable bonds is 4. The molecule has 2 N–H and O–H groups in total. The Labute approximate surface area is 106 Å². The minimum absolute atomic E-state index is 0.193. The zero-order valence-corrected chi connectivity index (χ0v) is 11.4. The lowest BCUT2D eigenvalue weighted by Gasteiger charge is -2.41. The second kappa shape index (κ2) is 5.71. The maximum Gasteiger partial charge on any atom is 0.0499 e. The van der Waals surface area contributed by atoms with Crippen molar-refractivity contribution < 1.29 is 5.11 Å². The normalized spacial score (nSPS) is 27.9. The predicted molar refractivity (Wildman–Crippen MR) is 72.1 cm³/mol. The molecule has 17 heavy (non-hydrogen) atoms. The molecule has 0 amide bonds. The largest absolute Gasteiger partial charge is 0.396 e. The second-order valence-corrected chi connectivity index (χ2v) is 6.69. The van der Waals surface area contributed by atoms with Crippen LogP contribution in [0.15, 0.2) is 0 Å². The molecule has 2 nitrogen and oxygen atoms in total. The SMILES string of the molecule is CC1(NCC2(CO)CCCCC2)CCCCC1. The fourth-order valence-electron chi connectivity index (χ4n) is 3.60. The van der Waals surface area contributed by atoms with Gasteiger partial charge >= 0.3 is 0 Å². The number of aliphatic hydroxyl groups is 1. The molecule has 0 aromatic heterocycles. The smallest absolute Gasteiger partial charge is 0.0499 e. The standard InChI is InChI=1S/C15H29NO/c1-14(8-4-2-5-9-14)16-12-15(13-17)10-6-3-7-11-15/h16-17H,2-13H2,1H3. The Morgan fingerprint density at radius 3 is 1.94 bits per heavy atom. The third kappa shape index (κ3) is 3.45. The van der Waals surface area contributed by atoms with Gasteiger partial charge in [-0.3, -0.25) is 0 Å². The highest BCUT2D eigenvalue weighted by atomic mass is 16.3. The first-order valence-electron chi connectivity index (χ1n) is 7.54. The Kier molecular flexibility index (Phi) is 4.48. The van der Waals surface area contributed by atoms with Crippen molar-refractivity contribution in [3.05, 3.63) is 0 Å². The summed E-state index contributed by atoms with van der Waals surface area (Å²) in [6.07, 6.45) is 13.2. The summed E-state index contributed by atoms with van der Waals surface area (Å²) in [5, 5.41) is 13.5. The molecule has 0 aromatic carbocycles. The van der Waals surface area contributed by atoms with E-state index in [-0.39, 0.29) is 5.41 Å². The summed E-state index contributed by atoms with van der Waals surface area (Å²) in [6, 6.07) is 0. The quantitative estimate of drug-likeness (QED) is 0.789. The van der Waals surface area contributed by atoms with Crippen LogP contribution in [0.1, 0.15) is 71.1 Å². The summed E-state index contributed by atoms with van der Waals surface area (Å²) >= 11 is 0. The van der Waals surface area contributed by atoms with Gasteiger partial charge in [0.2, 0.25) is 0 Å². The molecule has 2 rings (SSSR count). The Hall–Kier alpha value is -0.0800. The molecule has 2 heteroatoms. The highest BCUT2D eigenvalue weighted by molar-refractivity contribution is 4.91. The van der Waals surface area contributed by atoms with E-state index >= 15 is 0 Å². The Bertz CT molecular complexity index is 227. The summed E-state index contributed by atoms with van der Waals surface area (Å²) in [4.78, 5) is 0. The molecule has 0 atom stereocenters. The van der Waals surface area contributed by atoms with Crippen molar-refractivity contribution in [1.29, 1.82) is 0 Å². The van der Waals surface area contributed by atoms with Crippen LogP contribution in [0.5, 0.6) is 0 Å². The molecule has 0 aromatic rings. The minimum atomic E-state index is 0.193. The lowest BCUT2D eigenvalue weighted by atomic mass is 9.73. The lowest BCUT2D eigenvalue weighted by Crippen LogP contribution is -2.50. The van der Waals surface area contributed by atoms with Gasteiger partial charge < -0.3 is 10.4 Å². The van der Waals surface area contributed by atoms with Crippen LogP contribution in [0, 0.1) is 5.41 Å². The molecule has 0 aliphatic heterocycles. The highest BCUT2D eigenvalue weighted by Crippen LogP contribution is 2.36. The minimum Gasteiger partial charge on any atom is -0.396 e. The predicted octanol–water partition coefficient (Wildman–Crippen LogP) is 3.24. The average Bonchev–Trinajstić information content (AvgIpc) is 2.39. The van der Waals surface area contributed by atoms with Gasteiger partial charge in [-0.05, 0) is 32.6 Å². The molecule has 2 aliphatic carbocycles. The van der Waals surface area contributed by atoms with Crippen molar-refractivity contribution in [2.45, 2.75) is 76.7 Å². The Morgan fingerprint density at radius 1 is 0.882 bits per heavy atom. The van der Waals surface area contributed by atoms with Crippen LogP contribution < -0.4 is 5.32 Å². The van der Waals surface area contributed by atoms with Crippen LogP contribution in [0.4, 0.5) is 0 Å². The van der Waals surface area contributed by atoms with Crippen LogP contribution >= 0.6 is 0 Å². The molecule has 2 saturated carbocycles. The van der Waals surface area contributed by atoms with Crippen LogP contribution in [-0.4, -0.2) is 23.8 Å². The lowest BCUT2D eigenvalue weighted by molar-refractivity contribution is 0.0681. The zero-order valence-electron chi connectivity index (χ0n) is 11.4. The first kappa shape index (κ1) is 13.4. The first-order chi connectivity index (χ1) is 8.18. The average molecular weight is 239 g/mol. The van der Waals surface area contributed by atoms with E-state index < -0.39 is 0 Å². The van der Waals surface area contributed by atoms with E-state index in [0.717, 1.165) is 6.54 Å². The van der Waals surface area contributed by atoms with Gasteiger partial charge in [-0.1, -0.05) is 38.5 Å². The van der Waals surface area contributed by atoms with Crippen LogP contribution in [0.3, 0.4) is 0 Å². The van der Waals surface area contributed by atoms with Crippen molar-refractivity contribution in [3.8, 4) is 0 Å². The molecular weight excluding hydrogens is 210 g/mol. The number of aliphatic hydroxyl groups excluding tert-OH is 1. The van der Waals surface area contributed by atoms with Gasteiger partial charge in [0.15, 0.2) is 0 Å². The fourth-order valence-corrected chi connectivity index (χ4v) is 3.60. The number of hydrogen-bond acceptors (Lipinski definition) is 2. The summed E-state index contributed by atoms with van der Waals surface area (Å²) in [5.74, 6) is 0. The molecule has 2 aliphatic rings. The molecule has 0 radical (unpaired) electrons. The van der Waals surface area contributed by atoms with Crippen LogP contribution in [0.25, 0.3) is 0 Å². The molecule has 0 unspecified atom stereocenters. The van der Waals surface area contributed by atoms with E-state index in [4.69, 9.17) is 0 Å². The van der Waals surface area contributed by atoms with E-state index in [2.05, 4.69) is 12.2 Å². The third-order valence-electron chi connectivity index (χ3n) is 5.10. The Balaban J connectivity index is 1.86. The van der Waals surface area contributed by atoms with Gasteiger partial charge in [-0.25, -0.2) is 0 Å². The number of hydrogen-bond donors (Lipinski definition) is 2. The van der Waals surface area contributed by atoms with E-state index in [1.54, 1.807) is 0 Å². The maximum atomic E-state index is 9.71. The van der Waals surface area contributed by atoms with Crippen molar-refractivity contribution in [2.75, 3.05) is 13.2 Å². The van der Waals surface area contributed by atoms with E-state index in [1.165, 1.54) is 64.2 Å². The summed E-state index contributed by atoms with van der Waals surface area (Å²) < 4.78 is 0. The van der Waals surface area contributed by atoms with Crippen molar-refractivity contribution >= 4 is 0 Å². The van der Waals surface area contributed by atoms with Gasteiger partial charge in [-0.15, -0.1) is 0 Å². The van der Waals surface area contributed by atoms with Crippen molar-refractivity contribution in [1.82, 2.24) is 5.32 Å². The molecular formula is C15H29NO. The van der Waals surface area contributed by atoms with Crippen LogP contribution in [-0.2, 0) is 0 Å². The van der Waals surface area contributed by atoms with E-state index in [9.17, 15) is 5.11 Å². The third-order valence-corrected chi connectivity index (χ3v) is 5.10. The summed E-state index contributed by atoms with van der Waals surface area (Å²) in [6.45, 7) is 3.77. The summed E-state index contributed by atoms with van der Waals surface area (Å²) in [5.41, 5.74) is 0.538. The Morgan fingerprint density at radius 2 is 1.41 bits per heavy atom. The van der Waals surface area contributed by atoms with Gasteiger partial charge in [-0.2, -0.15) is 0 Å². The monoisotopic (exact) mass is 239 g/mol. The molecule has 2 fully saturated rings. The van der Waals surface area contributed by atoms with Gasteiger partial charge in [0.25, 0.3) is 0 Å². The molecule has 0 spiro atoms. The topological polar surface area (TPSA) is 32.3 Å². The summed E-state index contributed by atoms with van der Waals surface area (Å²) in [7, 11) is 0. The molecule has 0 saturated heterocycles. The van der Waals surface area contributed by atoms with Gasteiger partial charge in [0.05, 0.1) is 0 Å². The molecule has 0 heterocycles. The van der Waals surface area contributed by atoms with Gasteiger partial charge in [0, 0.05) is 24.1 Å². The van der Waals surface area contributed by atoms with Crippen LogP contribution in [0.2, 0.25) is 0 Å². The van der Waals surface area contributed by atoms with E-state index in [0.29, 0.717) is 12.1 Å². The highest BCUT2D eigenvalue weighted by Gasteiger charge is 2.34. The molecule has 0 bridgehead atoms. The van der Waals surface area contributed by atoms with Crippen molar-refractivity contribution in [3.63, 3.8) is 0 Å². The van der Waals surface area contributed by atoms with Gasteiger partial charge in [0.1, 0.15) is 0 Å².